The SMILES string of the molecule is CCC.CCN(C)C(=S)Nc1cc2c(cc1OC)NC(=O)CCC2. The van der Waals surface area contributed by atoms with E-state index in [1.807, 2.05) is 31.0 Å². The molecule has 134 valence electrons. The van der Waals surface area contributed by atoms with Gasteiger partial charge in [-0.3, -0.25) is 4.79 Å². The summed E-state index contributed by atoms with van der Waals surface area (Å²) in [6, 6.07) is 3.87. The molecular formula is C18H29N3O2S. The van der Waals surface area contributed by atoms with Crippen LogP contribution in [0.5, 0.6) is 5.75 Å². The summed E-state index contributed by atoms with van der Waals surface area (Å²) in [5.74, 6) is 0.723. The number of carbonyl (C=O) groups excluding carboxylic acids is 1. The monoisotopic (exact) mass is 351 g/mol. The maximum absolute atomic E-state index is 11.6. The molecule has 1 aromatic carbocycles. The lowest BCUT2D eigenvalue weighted by atomic mass is 10.1. The van der Waals surface area contributed by atoms with Crippen LogP contribution in [0.1, 0.15) is 45.6 Å². The molecule has 0 atom stereocenters. The van der Waals surface area contributed by atoms with Gasteiger partial charge in [0.25, 0.3) is 0 Å². The van der Waals surface area contributed by atoms with Gasteiger partial charge in [0.2, 0.25) is 5.91 Å². The first-order valence-corrected chi connectivity index (χ1v) is 8.90. The van der Waals surface area contributed by atoms with Crippen LogP contribution in [0.4, 0.5) is 11.4 Å². The van der Waals surface area contributed by atoms with Crippen molar-refractivity contribution < 1.29 is 9.53 Å². The number of nitrogens with one attached hydrogen (secondary N) is 2. The molecule has 24 heavy (non-hydrogen) atoms. The molecule has 1 heterocycles. The van der Waals surface area contributed by atoms with Gasteiger partial charge in [-0.05, 0) is 43.6 Å². The van der Waals surface area contributed by atoms with Crippen molar-refractivity contribution in [3.63, 3.8) is 0 Å². The number of ether oxygens (including phenoxy) is 1. The third kappa shape index (κ3) is 5.67. The van der Waals surface area contributed by atoms with Crippen molar-refractivity contribution >= 4 is 34.6 Å². The van der Waals surface area contributed by atoms with E-state index in [0.29, 0.717) is 17.3 Å². The number of anilines is 2. The van der Waals surface area contributed by atoms with Gasteiger partial charge in [-0.2, -0.15) is 0 Å². The summed E-state index contributed by atoms with van der Waals surface area (Å²) in [5, 5.41) is 6.78. The molecule has 2 rings (SSSR count). The van der Waals surface area contributed by atoms with Crippen LogP contribution in [-0.2, 0) is 11.2 Å². The van der Waals surface area contributed by atoms with Crippen molar-refractivity contribution in [3.05, 3.63) is 17.7 Å². The molecule has 0 fully saturated rings. The molecule has 1 aliphatic rings. The van der Waals surface area contributed by atoms with Gasteiger partial charge in [0.15, 0.2) is 5.11 Å². The zero-order chi connectivity index (χ0) is 18.1. The third-order valence-corrected chi connectivity index (χ3v) is 4.03. The van der Waals surface area contributed by atoms with Crippen LogP contribution < -0.4 is 15.4 Å². The summed E-state index contributed by atoms with van der Waals surface area (Å²) >= 11 is 5.36. The van der Waals surface area contributed by atoms with Gasteiger partial charge >= 0.3 is 0 Å². The molecule has 0 radical (unpaired) electrons. The summed E-state index contributed by atoms with van der Waals surface area (Å²) in [7, 11) is 3.55. The van der Waals surface area contributed by atoms with Crippen LogP contribution in [0, 0.1) is 0 Å². The van der Waals surface area contributed by atoms with E-state index in [9.17, 15) is 4.79 Å². The largest absolute Gasteiger partial charge is 0.494 e. The van der Waals surface area contributed by atoms with Crippen LogP contribution >= 0.6 is 12.2 Å². The number of amides is 1. The average Bonchev–Trinajstić information content (AvgIpc) is 2.74. The fourth-order valence-electron chi connectivity index (χ4n) is 2.22. The van der Waals surface area contributed by atoms with Crippen molar-refractivity contribution in [1.29, 1.82) is 0 Å². The van der Waals surface area contributed by atoms with Crippen LogP contribution in [0.2, 0.25) is 0 Å². The van der Waals surface area contributed by atoms with Crippen molar-refractivity contribution in [2.75, 3.05) is 31.3 Å². The molecule has 0 unspecified atom stereocenters. The number of thiocarbonyl (C=S) groups is 1. The summed E-state index contributed by atoms with van der Waals surface area (Å²) in [6.07, 6.45) is 3.52. The van der Waals surface area contributed by atoms with E-state index in [-0.39, 0.29) is 5.91 Å². The van der Waals surface area contributed by atoms with Gasteiger partial charge in [0.05, 0.1) is 12.8 Å². The number of nitrogens with zero attached hydrogens (tertiary/aromatic N) is 1. The Morgan fingerprint density at radius 2 is 2.00 bits per heavy atom. The van der Waals surface area contributed by atoms with Gasteiger partial charge in [-0.25, -0.2) is 0 Å². The van der Waals surface area contributed by atoms with Crippen LogP contribution in [0.15, 0.2) is 12.1 Å². The molecule has 0 bridgehead atoms. The fourth-order valence-corrected chi connectivity index (χ4v) is 2.46. The molecule has 0 saturated carbocycles. The molecule has 0 spiro atoms. The number of aryl methyl sites for hydroxylation is 1. The Balaban J connectivity index is 0.000000891. The summed E-state index contributed by atoms with van der Waals surface area (Å²) in [6.45, 7) is 7.12. The minimum atomic E-state index is 0.0535. The zero-order valence-corrected chi connectivity index (χ0v) is 16.2. The molecule has 0 saturated heterocycles. The molecule has 1 amide bonds. The van der Waals surface area contributed by atoms with Crippen molar-refractivity contribution in [2.45, 2.75) is 46.5 Å². The lowest BCUT2D eigenvalue weighted by Crippen LogP contribution is -2.30. The van der Waals surface area contributed by atoms with E-state index < -0.39 is 0 Å². The lowest BCUT2D eigenvalue weighted by Gasteiger charge is -2.21. The number of benzene rings is 1. The number of carbonyl (C=O) groups is 1. The van der Waals surface area contributed by atoms with Crippen LogP contribution in [0.25, 0.3) is 0 Å². The van der Waals surface area contributed by atoms with Crippen molar-refractivity contribution in [3.8, 4) is 5.75 Å². The highest BCUT2D eigenvalue weighted by Gasteiger charge is 2.17. The number of rotatable bonds is 3. The standard InChI is InChI=1S/C15H21N3O2S.C3H8/c1-4-18(2)15(21)17-12-8-10-6-5-7-14(19)16-11(10)9-13(12)20-3;1-3-2/h8-9H,4-7H2,1-3H3,(H,16,19)(H,17,21);3H2,1-2H3. The average molecular weight is 352 g/mol. The predicted octanol–water partition coefficient (Wildman–Crippen LogP) is 4.03. The quantitative estimate of drug-likeness (QED) is 0.805. The van der Waals surface area contributed by atoms with E-state index in [1.54, 1.807) is 7.11 Å². The zero-order valence-electron chi connectivity index (χ0n) is 15.4. The highest BCUT2D eigenvalue weighted by atomic mass is 32.1. The first-order valence-electron chi connectivity index (χ1n) is 8.49. The minimum absolute atomic E-state index is 0.0535. The second kappa shape index (κ2) is 10.1. The Kier molecular flexibility index (Phi) is 8.54. The van der Waals surface area contributed by atoms with Gasteiger partial charge in [0, 0.05) is 31.8 Å². The molecule has 6 heteroatoms. The maximum atomic E-state index is 11.6. The van der Waals surface area contributed by atoms with E-state index >= 15 is 0 Å². The van der Waals surface area contributed by atoms with E-state index in [1.165, 1.54) is 6.42 Å². The van der Waals surface area contributed by atoms with E-state index in [4.69, 9.17) is 17.0 Å². The number of methoxy groups -OCH3 is 1. The highest BCUT2D eigenvalue weighted by Crippen LogP contribution is 2.34. The molecule has 1 aliphatic heterocycles. The minimum Gasteiger partial charge on any atom is -0.494 e. The summed E-state index contributed by atoms with van der Waals surface area (Å²) < 4.78 is 5.41. The maximum Gasteiger partial charge on any atom is 0.224 e. The second-order valence-corrected chi connectivity index (χ2v) is 6.15. The molecule has 1 aromatic rings. The highest BCUT2D eigenvalue weighted by molar-refractivity contribution is 7.80. The van der Waals surface area contributed by atoms with Gasteiger partial charge in [-0.1, -0.05) is 20.3 Å². The first-order chi connectivity index (χ1) is 11.5. The number of fused-ring (bicyclic) bond motifs is 1. The Bertz CT molecular complexity index is 576. The van der Waals surface area contributed by atoms with Gasteiger partial charge in [-0.15, -0.1) is 0 Å². The van der Waals surface area contributed by atoms with Gasteiger partial charge < -0.3 is 20.3 Å². The van der Waals surface area contributed by atoms with Crippen molar-refractivity contribution in [1.82, 2.24) is 4.90 Å². The third-order valence-electron chi connectivity index (χ3n) is 3.61. The van der Waals surface area contributed by atoms with E-state index in [2.05, 4.69) is 24.5 Å². The smallest absolute Gasteiger partial charge is 0.224 e. The normalized spacial score (nSPS) is 12.8. The predicted molar refractivity (Wildman–Crippen MR) is 105 cm³/mol. The molecular weight excluding hydrogens is 322 g/mol. The Hall–Kier alpha value is -1.82. The molecule has 0 aliphatic carbocycles. The Morgan fingerprint density at radius 1 is 1.33 bits per heavy atom. The summed E-state index contributed by atoms with van der Waals surface area (Å²) in [5.41, 5.74) is 2.76. The Morgan fingerprint density at radius 3 is 2.58 bits per heavy atom. The van der Waals surface area contributed by atoms with E-state index in [0.717, 1.165) is 36.3 Å². The lowest BCUT2D eigenvalue weighted by molar-refractivity contribution is -0.116. The van der Waals surface area contributed by atoms with Crippen LogP contribution in [0.3, 0.4) is 0 Å². The van der Waals surface area contributed by atoms with Crippen molar-refractivity contribution in [2.24, 2.45) is 0 Å². The molecule has 0 aromatic heterocycles. The second-order valence-electron chi connectivity index (χ2n) is 5.76. The summed E-state index contributed by atoms with van der Waals surface area (Å²) in [4.78, 5) is 13.6. The van der Waals surface area contributed by atoms with Gasteiger partial charge in [0.1, 0.15) is 5.75 Å². The molecule has 5 nitrogen and oxygen atoms in total. The number of hydrogen-bond donors (Lipinski definition) is 2. The topological polar surface area (TPSA) is 53.6 Å². The fraction of sp³-hybridized carbons (Fsp3) is 0.556. The first kappa shape index (κ1) is 20.2. The van der Waals surface area contributed by atoms with Crippen LogP contribution in [-0.4, -0.2) is 36.6 Å². The molecule has 2 N–H and O–H groups in total. The Labute approximate surface area is 150 Å². The number of hydrogen-bond acceptors (Lipinski definition) is 3.